The summed E-state index contributed by atoms with van der Waals surface area (Å²) in [7, 11) is 0. The molecule has 90 valence electrons. The van der Waals surface area contributed by atoms with Gasteiger partial charge in [-0.1, -0.05) is 12.1 Å². The zero-order valence-corrected chi connectivity index (χ0v) is 9.67. The van der Waals surface area contributed by atoms with Crippen molar-refractivity contribution in [1.82, 2.24) is 19.9 Å². The second-order valence-corrected chi connectivity index (χ2v) is 3.64. The third-order valence-corrected chi connectivity index (χ3v) is 2.46. The van der Waals surface area contributed by atoms with E-state index in [2.05, 4.69) is 15.2 Å². The summed E-state index contributed by atoms with van der Waals surface area (Å²) in [5.41, 5.74) is 7.11. The second-order valence-electron chi connectivity index (χ2n) is 3.64. The summed E-state index contributed by atoms with van der Waals surface area (Å²) in [6, 6.07) is 0. The number of ketones is 1. The number of nitrogens with zero attached hydrogens (tertiary/aromatic N) is 4. The highest BCUT2D eigenvalue weighted by Gasteiger charge is 2.14. The molecular weight excluding hydrogens is 222 g/mol. The molecule has 2 N–H and O–H groups in total. The van der Waals surface area contributed by atoms with Crippen LogP contribution in [0.4, 0.5) is 5.69 Å². The van der Waals surface area contributed by atoms with Crippen molar-refractivity contribution >= 4 is 11.5 Å². The normalized spacial score (nSPS) is 10.7. The van der Waals surface area contributed by atoms with Crippen LogP contribution in [0.2, 0.25) is 0 Å². The molecule has 0 aliphatic carbocycles. The Morgan fingerprint density at radius 2 is 2.35 bits per heavy atom. The average molecular weight is 235 g/mol. The van der Waals surface area contributed by atoms with E-state index >= 15 is 0 Å². The van der Waals surface area contributed by atoms with Gasteiger partial charge in [-0.3, -0.25) is 9.48 Å². The van der Waals surface area contributed by atoms with Crippen LogP contribution in [-0.4, -0.2) is 25.7 Å². The van der Waals surface area contributed by atoms with Crippen LogP contribution < -0.4 is 5.73 Å². The van der Waals surface area contributed by atoms with Crippen LogP contribution in [0.5, 0.6) is 0 Å². The maximum atomic E-state index is 11.3. The van der Waals surface area contributed by atoms with Crippen LogP contribution in [0, 0.1) is 6.92 Å². The first-order valence-corrected chi connectivity index (χ1v) is 5.25. The van der Waals surface area contributed by atoms with Crippen LogP contribution in [-0.2, 0) is 6.54 Å². The molecule has 2 aromatic rings. The number of nitrogens with two attached hydrogens (primary N) is 1. The maximum Gasteiger partial charge on any atom is 0.294 e. The minimum Gasteiger partial charge on any atom is -0.396 e. The van der Waals surface area contributed by atoms with Crippen molar-refractivity contribution in [1.29, 1.82) is 0 Å². The monoisotopic (exact) mass is 235 g/mol. The molecule has 0 atom stereocenters. The van der Waals surface area contributed by atoms with Gasteiger partial charge in [0, 0.05) is 6.42 Å². The smallest absolute Gasteiger partial charge is 0.294 e. The first kappa shape index (κ1) is 11.3. The number of hydrogen-bond donors (Lipinski definition) is 1. The summed E-state index contributed by atoms with van der Waals surface area (Å²) >= 11 is 0. The van der Waals surface area contributed by atoms with Crippen LogP contribution in [0.1, 0.15) is 35.5 Å². The molecule has 2 heterocycles. The van der Waals surface area contributed by atoms with Gasteiger partial charge < -0.3 is 10.3 Å². The fraction of sp³-hybridized carbons (Fsp3) is 0.400. The lowest BCUT2D eigenvalue weighted by Gasteiger charge is -1.99. The van der Waals surface area contributed by atoms with Crippen LogP contribution in [0.3, 0.4) is 0 Å². The lowest BCUT2D eigenvalue weighted by Crippen LogP contribution is -2.06. The number of carbonyl (C=O) groups excluding carboxylic acids is 1. The van der Waals surface area contributed by atoms with Crippen molar-refractivity contribution in [3.05, 3.63) is 23.6 Å². The predicted molar refractivity (Wildman–Crippen MR) is 59.4 cm³/mol. The van der Waals surface area contributed by atoms with E-state index in [-0.39, 0.29) is 11.7 Å². The number of anilines is 1. The van der Waals surface area contributed by atoms with Gasteiger partial charge in [0.2, 0.25) is 5.78 Å². The molecule has 7 heteroatoms. The Labute approximate surface area is 97.6 Å². The lowest BCUT2D eigenvalue weighted by molar-refractivity contribution is 0.0946. The number of carbonyl (C=O) groups is 1. The Morgan fingerprint density at radius 1 is 1.59 bits per heavy atom. The van der Waals surface area contributed by atoms with E-state index in [0.717, 1.165) is 5.69 Å². The van der Waals surface area contributed by atoms with Crippen molar-refractivity contribution < 1.29 is 9.32 Å². The molecule has 0 fully saturated rings. The molecule has 0 saturated carbocycles. The molecule has 7 nitrogen and oxygen atoms in total. The minimum absolute atomic E-state index is 0.0419. The highest BCUT2D eigenvalue weighted by Crippen LogP contribution is 2.10. The largest absolute Gasteiger partial charge is 0.396 e. The summed E-state index contributed by atoms with van der Waals surface area (Å²) in [4.78, 5) is 15.3. The minimum atomic E-state index is -0.166. The van der Waals surface area contributed by atoms with Gasteiger partial charge in [0.1, 0.15) is 6.54 Å². The molecule has 0 aliphatic heterocycles. The number of Topliss-reactive ketones (excluding diaryl/α,β-unsaturated/α-hetero) is 1. The number of rotatable bonds is 4. The van der Waals surface area contributed by atoms with E-state index in [1.54, 1.807) is 17.8 Å². The zero-order chi connectivity index (χ0) is 12.4. The molecule has 17 heavy (non-hydrogen) atoms. The number of nitrogen functional groups attached to an aromatic ring is 1. The van der Waals surface area contributed by atoms with E-state index < -0.39 is 0 Å². The first-order valence-electron chi connectivity index (χ1n) is 5.25. The Hall–Kier alpha value is -2.18. The summed E-state index contributed by atoms with van der Waals surface area (Å²) in [6.45, 7) is 3.93. The fourth-order valence-electron chi connectivity index (χ4n) is 1.34. The van der Waals surface area contributed by atoms with Crippen molar-refractivity contribution in [3.63, 3.8) is 0 Å². The Morgan fingerprint density at radius 3 is 2.94 bits per heavy atom. The molecular formula is C10H13N5O2. The van der Waals surface area contributed by atoms with Gasteiger partial charge in [-0.05, 0) is 6.92 Å². The molecule has 0 aromatic carbocycles. The van der Waals surface area contributed by atoms with Gasteiger partial charge in [-0.15, -0.1) is 0 Å². The molecule has 0 radical (unpaired) electrons. The number of hydrogen-bond acceptors (Lipinski definition) is 6. The molecule has 0 unspecified atom stereocenters. The molecule has 2 rings (SSSR count). The molecule has 0 saturated heterocycles. The maximum absolute atomic E-state index is 11.3. The van der Waals surface area contributed by atoms with E-state index in [1.165, 1.54) is 0 Å². The van der Waals surface area contributed by atoms with Crippen molar-refractivity contribution in [2.24, 2.45) is 0 Å². The van der Waals surface area contributed by atoms with E-state index in [0.29, 0.717) is 24.5 Å². The van der Waals surface area contributed by atoms with Crippen molar-refractivity contribution in [2.75, 3.05) is 5.73 Å². The van der Waals surface area contributed by atoms with Gasteiger partial charge in [-0.25, -0.2) is 0 Å². The van der Waals surface area contributed by atoms with Gasteiger partial charge in [-0.2, -0.15) is 10.1 Å². The first-order chi connectivity index (χ1) is 8.11. The quantitative estimate of drug-likeness (QED) is 0.786. The molecule has 0 aliphatic rings. The topological polar surface area (TPSA) is 99.8 Å². The lowest BCUT2D eigenvalue weighted by atomic mass is 10.3. The summed E-state index contributed by atoms with van der Waals surface area (Å²) in [6.07, 6.45) is 1.91. The highest BCUT2D eigenvalue weighted by molar-refractivity contribution is 5.91. The van der Waals surface area contributed by atoms with Crippen LogP contribution >= 0.6 is 0 Å². The predicted octanol–water partition coefficient (Wildman–Crippen LogP) is 0.798. The Kier molecular flexibility index (Phi) is 2.90. The van der Waals surface area contributed by atoms with Crippen LogP contribution in [0.15, 0.2) is 10.7 Å². The highest BCUT2D eigenvalue weighted by atomic mass is 16.5. The SMILES string of the molecule is CCC(=O)c1nc(Cn2ncc(N)c2C)no1. The summed E-state index contributed by atoms with van der Waals surface area (Å²) < 4.78 is 6.51. The van der Waals surface area contributed by atoms with Crippen molar-refractivity contribution in [3.8, 4) is 0 Å². The third-order valence-electron chi connectivity index (χ3n) is 2.46. The Balaban J connectivity index is 2.17. The molecule has 0 spiro atoms. The summed E-state index contributed by atoms with van der Waals surface area (Å²) in [5, 5.41) is 7.79. The van der Waals surface area contributed by atoms with E-state index in [4.69, 9.17) is 10.3 Å². The zero-order valence-electron chi connectivity index (χ0n) is 9.67. The van der Waals surface area contributed by atoms with E-state index in [1.807, 2.05) is 6.92 Å². The molecule has 0 bridgehead atoms. The summed E-state index contributed by atoms with van der Waals surface area (Å²) in [5.74, 6) is 0.286. The van der Waals surface area contributed by atoms with Gasteiger partial charge in [0.25, 0.3) is 5.89 Å². The standard InChI is InChI=1S/C10H13N5O2/c1-3-8(16)10-13-9(14-17-10)5-15-6(2)7(11)4-12-15/h4H,3,5,11H2,1-2H3. The van der Waals surface area contributed by atoms with E-state index in [9.17, 15) is 4.79 Å². The molecule has 2 aromatic heterocycles. The average Bonchev–Trinajstić information content (AvgIpc) is 2.91. The number of aromatic nitrogens is 4. The Bertz CT molecular complexity index is 543. The van der Waals surface area contributed by atoms with Gasteiger partial charge >= 0.3 is 0 Å². The second kappa shape index (κ2) is 4.36. The van der Waals surface area contributed by atoms with Gasteiger partial charge in [0.05, 0.1) is 17.6 Å². The van der Waals surface area contributed by atoms with Crippen molar-refractivity contribution in [2.45, 2.75) is 26.8 Å². The third kappa shape index (κ3) is 2.17. The fourth-order valence-corrected chi connectivity index (χ4v) is 1.34. The van der Waals surface area contributed by atoms with Crippen LogP contribution in [0.25, 0.3) is 0 Å². The van der Waals surface area contributed by atoms with Gasteiger partial charge in [0.15, 0.2) is 5.82 Å². The molecule has 0 amide bonds.